The van der Waals surface area contributed by atoms with E-state index in [9.17, 15) is 9.59 Å². The molecule has 3 N–H and O–H groups in total. The Hall–Kier alpha value is -1.10. The molecule has 0 saturated heterocycles. The largest absolute Gasteiger partial charge is 0.352 e. The molecule has 0 aliphatic heterocycles. The second kappa shape index (κ2) is 6.00. The maximum absolute atomic E-state index is 12.0. The van der Waals surface area contributed by atoms with Crippen molar-refractivity contribution in [2.45, 2.75) is 45.2 Å². The minimum Gasteiger partial charge on any atom is -0.352 e. The zero-order valence-electron chi connectivity index (χ0n) is 10.9. The van der Waals surface area contributed by atoms with Gasteiger partial charge in [-0.05, 0) is 26.7 Å². The Labute approximate surface area is 103 Å². The molecule has 1 rings (SSSR count). The van der Waals surface area contributed by atoms with Gasteiger partial charge in [0.15, 0.2) is 0 Å². The molecule has 0 bridgehead atoms. The van der Waals surface area contributed by atoms with Gasteiger partial charge in [-0.25, -0.2) is 0 Å². The van der Waals surface area contributed by atoms with Crippen molar-refractivity contribution in [3.63, 3.8) is 0 Å². The van der Waals surface area contributed by atoms with E-state index < -0.39 is 0 Å². The monoisotopic (exact) mass is 241 g/mol. The van der Waals surface area contributed by atoms with Crippen LogP contribution in [0, 0.1) is 5.92 Å². The molecular formula is C12H23N3O2. The van der Waals surface area contributed by atoms with Gasteiger partial charge in [-0.1, -0.05) is 6.42 Å². The number of carbonyl (C=O) groups is 2. The van der Waals surface area contributed by atoms with E-state index in [4.69, 9.17) is 5.73 Å². The fourth-order valence-corrected chi connectivity index (χ4v) is 2.24. The first-order valence-corrected chi connectivity index (χ1v) is 6.21. The number of nitrogens with two attached hydrogens (primary N) is 1. The summed E-state index contributed by atoms with van der Waals surface area (Å²) in [5, 5.41) is 2.77. The van der Waals surface area contributed by atoms with E-state index in [-0.39, 0.29) is 36.4 Å². The minimum atomic E-state index is -0.123. The summed E-state index contributed by atoms with van der Waals surface area (Å²) < 4.78 is 0. The summed E-state index contributed by atoms with van der Waals surface area (Å²) in [5.74, 6) is -0.233. The van der Waals surface area contributed by atoms with Crippen molar-refractivity contribution >= 4 is 11.8 Å². The lowest BCUT2D eigenvalue weighted by molar-refractivity contribution is -0.138. The van der Waals surface area contributed by atoms with Crippen molar-refractivity contribution in [3.8, 4) is 0 Å². The quantitative estimate of drug-likeness (QED) is 0.733. The minimum absolute atomic E-state index is 0.00564. The van der Waals surface area contributed by atoms with Crippen LogP contribution in [0.1, 0.15) is 33.1 Å². The molecule has 0 spiro atoms. The van der Waals surface area contributed by atoms with E-state index in [0.29, 0.717) is 0 Å². The lowest BCUT2D eigenvalue weighted by atomic mass is 10.0. The third kappa shape index (κ3) is 4.00. The molecule has 17 heavy (non-hydrogen) atoms. The number of amides is 2. The van der Waals surface area contributed by atoms with Crippen LogP contribution in [0.15, 0.2) is 0 Å². The summed E-state index contributed by atoms with van der Waals surface area (Å²) in [7, 11) is 1.66. The van der Waals surface area contributed by atoms with Gasteiger partial charge in [0, 0.05) is 19.1 Å². The van der Waals surface area contributed by atoms with Gasteiger partial charge < -0.3 is 16.0 Å². The first-order chi connectivity index (χ1) is 7.91. The summed E-state index contributed by atoms with van der Waals surface area (Å²) in [5.41, 5.74) is 5.88. The Morgan fingerprint density at radius 1 is 1.41 bits per heavy atom. The van der Waals surface area contributed by atoms with Crippen LogP contribution in [0.25, 0.3) is 0 Å². The van der Waals surface area contributed by atoms with Crippen molar-refractivity contribution in [2.24, 2.45) is 11.7 Å². The van der Waals surface area contributed by atoms with E-state index in [1.54, 1.807) is 7.05 Å². The molecule has 2 atom stereocenters. The molecule has 5 nitrogen and oxygen atoms in total. The summed E-state index contributed by atoms with van der Waals surface area (Å²) >= 11 is 0. The Balaban J connectivity index is 2.44. The second-order valence-electron chi connectivity index (χ2n) is 5.12. The van der Waals surface area contributed by atoms with Crippen molar-refractivity contribution < 1.29 is 9.59 Å². The fourth-order valence-electron chi connectivity index (χ4n) is 2.24. The van der Waals surface area contributed by atoms with Crippen LogP contribution in [0.4, 0.5) is 0 Å². The van der Waals surface area contributed by atoms with E-state index in [1.807, 2.05) is 13.8 Å². The Morgan fingerprint density at radius 2 is 2.06 bits per heavy atom. The van der Waals surface area contributed by atoms with Gasteiger partial charge in [0.2, 0.25) is 11.8 Å². The molecule has 0 heterocycles. The molecule has 2 unspecified atom stereocenters. The van der Waals surface area contributed by atoms with Crippen LogP contribution in [0.5, 0.6) is 0 Å². The fraction of sp³-hybridized carbons (Fsp3) is 0.833. The SMILES string of the molecule is CC(C)NC(=O)CN(C)C(=O)C1CCCC1N. The second-order valence-corrected chi connectivity index (χ2v) is 5.12. The highest BCUT2D eigenvalue weighted by Crippen LogP contribution is 2.25. The molecule has 0 aromatic heterocycles. The zero-order valence-corrected chi connectivity index (χ0v) is 10.9. The maximum atomic E-state index is 12.0. The number of rotatable bonds is 4. The normalized spacial score (nSPS) is 23.8. The van der Waals surface area contributed by atoms with E-state index in [2.05, 4.69) is 5.32 Å². The molecule has 1 aliphatic rings. The number of hydrogen-bond donors (Lipinski definition) is 2. The summed E-state index contributed by atoms with van der Waals surface area (Å²) in [6.45, 7) is 3.90. The molecule has 1 saturated carbocycles. The third-order valence-electron chi connectivity index (χ3n) is 3.09. The van der Waals surface area contributed by atoms with Crippen LogP contribution in [0.2, 0.25) is 0 Å². The maximum Gasteiger partial charge on any atom is 0.239 e. The van der Waals surface area contributed by atoms with Crippen molar-refractivity contribution in [3.05, 3.63) is 0 Å². The van der Waals surface area contributed by atoms with Crippen LogP contribution < -0.4 is 11.1 Å². The molecule has 2 amide bonds. The number of nitrogens with zero attached hydrogens (tertiary/aromatic N) is 1. The van der Waals surface area contributed by atoms with Crippen LogP contribution in [-0.4, -0.2) is 42.4 Å². The number of nitrogens with one attached hydrogen (secondary N) is 1. The molecule has 98 valence electrons. The number of carbonyl (C=O) groups excluding carboxylic acids is 2. The first-order valence-electron chi connectivity index (χ1n) is 6.21. The van der Waals surface area contributed by atoms with Crippen LogP contribution >= 0.6 is 0 Å². The van der Waals surface area contributed by atoms with Crippen molar-refractivity contribution in [1.29, 1.82) is 0 Å². The first kappa shape index (κ1) is 14.0. The predicted molar refractivity (Wildman–Crippen MR) is 66.2 cm³/mol. The van der Waals surface area contributed by atoms with Gasteiger partial charge in [0.05, 0.1) is 12.5 Å². The Bertz CT molecular complexity index is 291. The topological polar surface area (TPSA) is 75.4 Å². The Kier molecular flexibility index (Phi) is 4.93. The van der Waals surface area contributed by atoms with Gasteiger partial charge in [-0.3, -0.25) is 9.59 Å². The number of hydrogen-bond acceptors (Lipinski definition) is 3. The van der Waals surface area contributed by atoms with E-state index in [0.717, 1.165) is 19.3 Å². The lowest BCUT2D eigenvalue weighted by Gasteiger charge is -2.23. The summed E-state index contributed by atoms with van der Waals surface area (Å²) in [6.07, 6.45) is 2.75. The average molecular weight is 241 g/mol. The van der Waals surface area contributed by atoms with Gasteiger partial charge in [0.25, 0.3) is 0 Å². The smallest absolute Gasteiger partial charge is 0.239 e. The lowest BCUT2D eigenvalue weighted by Crippen LogP contribution is -2.45. The van der Waals surface area contributed by atoms with Crippen LogP contribution in [0.3, 0.4) is 0 Å². The molecule has 5 heteroatoms. The standard InChI is InChI=1S/C12H23N3O2/c1-8(2)14-11(16)7-15(3)12(17)9-5-4-6-10(9)13/h8-10H,4-7,13H2,1-3H3,(H,14,16). The number of likely N-dealkylation sites (N-methyl/N-ethyl adjacent to an activating group) is 1. The summed E-state index contributed by atoms with van der Waals surface area (Å²) in [6, 6.07) is 0.0536. The molecule has 0 aromatic rings. The van der Waals surface area contributed by atoms with Gasteiger partial charge in [-0.2, -0.15) is 0 Å². The Morgan fingerprint density at radius 3 is 2.53 bits per heavy atom. The van der Waals surface area contributed by atoms with Crippen LogP contribution in [-0.2, 0) is 9.59 Å². The van der Waals surface area contributed by atoms with Gasteiger partial charge in [0.1, 0.15) is 0 Å². The van der Waals surface area contributed by atoms with E-state index in [1.165, 1.54) is 4.90 Å². The average Bonchev–Trinajstić information content (AvgIpc) is 2.61. The summed E-state index contributed by atoms with van der Waals surface area (Å²) in [4.78, 5) is 25.1. The molecule has 0 aromatic carbocycles. The van der Waals surface area contributed by atoms with Gasteiger partial charge in [-0.15, -0.1) is 0 Å². The highest BCUT2D eigenvalue weighted by atomic mass is 16.2. The van der Waals surface area contributed by atoms with Gasteiger partial charge >= 0.3 is 0 Å². The van der Waals surface area contributed by atoms with Crippen molar-refractivity contribution in [2.75, 3.05) is 13.6 Å². The molecular weight excluding hydrogens is 218 g/mol. The molecule has 1 fully saturated rings. The van der Waals surface area contributed by atoms with E-state index >= 15 is 0 Å². The predicted octanol–water partition coefficient (Wildman–Crippen LogP) is 0.0968. The highest BCUT2D eigenvalue weighted by molar-refractivity contribution is 5.86. The third-order valence-corrected chi connectivity index (χ3v) is 3.09. The van der Waals surface area contributed by atoms with Crippen molar-refractivity contribution in [1.82, 2.24) is 10.2 Å². The highest BCUT2D eigenvalue weighted by Gasteiger charge is 2.32. The molecule has 0 radical (unpaired) electrons. The molecule has 1 aliphatic carbocycles. The zero-order chi connectivity index (χ0) is 13.0.